The van der Waals surface area contributed by atoms with E-state index in [-0.39, 0.29) is 17.4 Å². The van der Waals surface area contributed by atoms with E-state index >= 15 is 0 Å². The summed E-state index contributed by atoms with van der Waals surface area (Å²) < 4.78 is 11.8. The number of carboxylic acids is 1. The monoisotopic (exact) mass is 304 g/mol. The van der Waals surface area contributed by atoms with Crippen LogP contribution in [0, 0.1) is 0 Å². The number of rotatable bonds is 6. The van der Waals surface area contributed by atoms with Crippen LogP contribution in [0.15, 0.2) is 0 Å². The number of carboxylic acid groups (broad SMARTS) is 1. The first kappa shape index (κ1) is 16.6. The Bertz CT molecular complexity index is 407. The van der Waals surface area contributed by atoms with Crippen LogP contribution in [-0.2, 0) is 25.2 Å². The molecule has 7 nitrogen and oxygen atoms in total. The van der Waals surface area contributed by atoms with Crippen molar-refractivity contribution in [2.75, 3.05) is 24.6 Å². The van der Waals surface area contributed by atoms with Gasteiger partial charge in [0.25, 0.3) is 0 Å². The van der Waals surface area contributed by atoms with Crippen LogP contribution in [-0.4, -0.2) is 62.6 Å². The number of hydrogen-bond acceptors (Lipinski definition) is 4. The molecule has 114 valence electrons. The number of aliphatic carboxylic acids is 1. The Hall–Kier alpha value is -1.44. The molecular formula is C12H20N2O5S. The van der Waals surface area contributed by atoms with Gasteiger partial charge in [-0.2, -0.15) is 0 Å². The molecule has 1 fully saturated rings. The van der Waals surface area contributed by atoms with Gasteiger partial charge in [-0.05, 0) is 19.3 Å². The molecule has 0 radical (unpaired) electrons. The zero-order chi connectivity index (χ0) is 15.1. The third kappa shape index (κ3) is 5.68. The molecule has 1 aliphatic heterocycles. The van der Waals surface area contributed by atoms with Crippen molar-refractivity contribution >= 4 is 28.6 Å². The molecule has 2 unspecified atom stereocenters. The number of hydrogen-bond donors (Lipinski definition) is 2. The lowest BCUT2D eigenvalue weighted by Crippen LogP contribution is -2.45. The van der Waals surface area contributed by atoms with Gasteiger partial charge in [-0.1, -0.05) is 0 Å². The number of piperidine rings is 1. The van der Waals surface area contributed by atoms with Gasteiger partial charge in [0.1, 0.15) is 11.8 Å². The summed E-state index contributed by atoms with van der Waals surface area (Å²) in [6, 6.07) is -1.22. The highest BCUT2D eigenvalue weighted by atomic mass is 32.2. The SMILES string of the molecule is CC(=O)NC(CS(=O)CC(=O)N1CCCCC1)C(=O)O. The van der Waals surface area contributed by atoms with E-state index < -0.39 is 28.7 Å². The van der Waals surface area contributed by atoms with Crippen molar-refractivity contribution in [2.24, 2.45) is 0 Å². The van der Waals surface area contributed by atoms with E-state index in [0.29, 0.717) is 13.1 Å². The summed E-state index contributed by atoms with van der Waals surface area (Å²) >= 11 is 0. The van der Waals surface area contributed by atoms with Gasteiger partial charge < -0.3 is 15.3 Å². The molecule has 2 atom stereocenters. The van der Waals surface area contributed by atoms with Gasteiger partial charge in [-0.15, -0.1) is 0 Å². The summed E-state index contributed by atoms with van der Waals surface area (Å²) in [6.07, 6.45) is 2.99. The van der Waals surface area contributed by atoms with Gasteiger partial charge in [0.2, 0.25) is 11.8 Å². The molecular weight excluding hydrogens is 284 g/mol. The zero-order valence-corrected chi connectivity index (χ0v) is 12.3. The first-order valence-corrected chi connectivity index (χ1v) is 8.01. The fraction of sp³-hybridized carbons (Fsp3) is 0.750. The van der Waals surface area contributed by atoms with Crippen molar-refractivity contribution in [1.82, 2.24) is 10.2 Å². The van der Waals surface area contributed by atoms with Crippen LogP contribution in [0.2, 0.25) is 0 Å². The van der Waals surface area contributed by atoms with Crippen LogP contribution < -0.4 is 5.32 Å². The molecule has 1 saturated heterocycles. The van der Waals surface area contributed by atoms with Crippen molar-refractivity contribution in [3.05, 3.63) is 0 Å². The number of nitrogens with one attached hydrogen (secondary N) is 1. The Labute approximate surface area is 120 Å². The number of likely N-dealkylation sites (tertiary alicyclic amines) is 1. The Morgan fingerprint density at radius 1 is 1.25 bits per heavy atom. The minimum atomic E-state index is -1.61. The third-order valence-electron chi connectivity index (χ3n) is 3.02. The second kappa shape index (κ2) is 7.98. The minimum Gasteiger partial charge on any atom is -0.480 e. The molecule has 1 rings (SSSR count). The standard InChI is InChI=1S/C12H20N2O5S/c1-9(15)13-10(12(17)18)7-20(19)8-11(16)14-5-3-2-4-6-14/h10H,2-8H2,1H3,(H,13,15)(H,17,18). The average molecular weight is 304 g/mol. The van der Waals surface area contributed by atoms with Crippen molar-refractivity contribution in [2.45, 2.75) is 32.2 Å². The Morgan fingerprint density at radius 3 is 2.35 bits per heavy atom. The molecule has 2 N–H and O–H groups in total. The highest BCUT2D eigenvalue weighted by Gasteiger charge is 2.24. The van der Waals surface area contributed by atoms with Crippen LogP contribution in [0.3, 0.4) is 0 Å². The van der Waals surface area contributed by atoms with E-state index in [4.69, 9.17) is 5.11 Å². The molecule has 1 aliphatic rings. The van der Waals surface area contributed by atoms with Gasteiger partial charge in [-0.3, -0.25) is 13.8 Å². The largest absolute Gasteiger partial charge is 0.480 e. The summed E-state index contributed by atoms with van der Waals surface area (Å²) in [5.41, 5.74) is 0. The smallest absolute Gasteiger partial charge is 0.327 e. The number of nitrogens with zero attached hydrogens (tertiary/aromatic N) is 1. The maximum atomic E-state index is 11.9. The predicted molar refractivity (Wildman–Crippen MR) is 73.5 cm³/mol. The Balaban J connectivity index is 2.46. The Kier molecular flexibility index (Phi) is 6.63. The van der Waals surface area contributed by atoms with Crippen LogP contribution in [0.25, 0.3) is 0 Å². The summed E-state index contributed by atoms with van der Waals surface area (Å²) in [6.45, 7) is 2.53. The molecule has 2 amide bonds. The van der Waals surface area contributed by atoms with Gasteiger partial charge >= 0.3 is 5.97 Å². The van der Waals surface area contributed by atoms with Gasteiger partial charge in [0.15, 0.2) is 0 Å². The van der Waals surface area contributed by atoms with Gasteiger partial charge in [-0.25, -0.2) is 4.79 Å². The first-order valence-electron chi connectivity index (χ1n) is 6.53. The second-order valence-electron chi connectivity index (χ2n) is 4.78. The summed E-state index contributed by atoms with van der Waals surface area (Å²) in [4.78, 5) is 35.3. The molecule has 1 heterocycles. The maximum absolute atomic E-state index is 11.9. The molecule has 0 aromatic heterocycles. The molecule has 0 bridgehead atoms. The fourth-order valence-electron chi connectivity index (χ4n) is 2.04. The summed E-state index contributed by atoms with van der Waals surface area (Å²) in [7, 11) is -1.61. The van der Waals surface area contributed by atoms with Crippen molar-refractivity contribution < 1.29 is 23.7 Å². The minimum absolute atomic E-state index is 0.191. The average Bonchev–Trinajstić information content (AvgIpc) is 2.38. The molecule has 20 heavy (non-hydrogen) atoms. The lowest BCUT2D eigenvalue weighted by atomic mass is 10.1. The molecule has 0 aliphatic carbocycles. The van der Waals surface area contributed by atoms with Crippen LogP contribution in [0.4, 0.5) is 0 Å². The fourth-order valence-corrected chi connectivity index (χ4v) is 3.21. The predicted octanol–water partition coefficient (Wildman–Crippen LogP) is -0.663. The number of carbonyl (C=O) groups is 3. The Morgan fingerprint density at radius 2 is 1.85 bits per heavy atom. The van der Waals surface area contributed by atoms with Gasteiger partial charge in [0.05, 0.1) is 5.75 Å². The maximum Gasteiger partial charge on any atom is 0.327 e. The van der Waals surface area contributed by atoms with E-state index in [1.807, 2.05) is 0 Å². The highest BCUT2D eigenvalue weighted by Crippen LogP contribution is 2.09. The van der Waals surface area contributed by atoms with E-state index in [1.54, 1.807) is 4.90 Å². The van der Waals surface area contributed by atoms with Crippen LogP contribution >= 0.6 is 0 Å². The zero-order valence-electron chi connectivity index (χ0n) is 11.5. The summed E-state index contributed by atoms with van der Waals surface area (Å²) in [5.74, 6) is -2.41. The molecule has 0 aromatic rings. The van der Waals surface area contributed by atoms with Crippen molar-refractivity contribution in [3.63, 3.8) is 0 Å². The summed E-state index contributed by atoms with van der Waals surface area (Å²) in [5, 5.41) is 11.1. The van der Waals surface area contributed by atoms with Crippen LogP contribution in [0.1, 0.15) is 26.2 Å². The van der Waals surface area contributed by atoms with Crippen molar-refractivity contribution in [3.8, 4) is 0 Å². The second-order valence-corrected chi connectivity index (χ2v) is 6.29. The molecule has 0 aromatic carbocycles. The van der Waals surface area contributed by atoms with Crippen molar-refractivity contribution in [1.29, 1.82) is 0 Å². The van der Waals surface area contributed by atoms with E-state index in [9.17, 15) is 18.6 Å². The molecule has 8 heteroatoms. The topological polar surface area (TPSA) is 104 Å². The lowest BCUT2D eigenvalue weighted by molar-refractivity contribution is -0.140. The van der Waals surface area contributed by atoms with E-state index in [1.165, 1.54) is 6.92 Å². The normalized spacial score (nSPS) is 18.1. The van der Waals surface area contributed by atoms with E-state index in [0.717, 1.165) is 19.3 Å². The van der Waals surface area contributed by atoms with E-state index in [2.05, 4.69) is 5.32 Å². The highest BCUT2D eigenvalue weighted by molar-refractivity contribution is 7.85. The quantitative estimate of drug-likeness (QED) is 0.678. The first-order chi connectivity index (χ1) is 9.40. The number of amides is 2. The third-order valence-corrected chi connectivity index (χ3v) is 4.30. The van der Waals surface area contributed by atoms with Gasteiger partial charge in [0, 0.05) is 30.8 Å². The molecule has 0 saturated carbocycles. The van der Waals surface area contributed by atoms with Crippen LogP contribution in [0.5, 0.6) is 0 Å². The number of carbonyl (C=O) groups excluding carboxylic acids is 2. The molecule has 0 spiro atoms. The lowest BCUT2D eigenvalue weighted by Gasteiger charge is -2.26.